The summed E-state index contributed by atoms with van der Waals surface area (Å²) >= 11 is 0. The number of hydrogen-bond donors (Lipinski definition) is 6. The molecule has 23 heavy (non-hydrogen) atoms. The number of carboxylic acid groups (broad SMARTS) is 1. The van der Waals surface area contributed by atoms with Gasteiger partial charge < -0.3 is 32.9 Å². The minimum Gasteiger partial charge on any atom is -0.480 e. The first-order valence-electron chi connectivity index (χ1n) is 7.26. The summed E-state index contributed by atoms with van der Waals surface area (Å²) in [5.74, 6) is -2.39. The number of rotatable bonds is 10. The zero-order chi connectivity index (χ0) is 18.0. The number of aliphatic imine (C=N–C) groups is 1. The lowest BCUT2D eigenvalue weighted by Crippen LogP contribution is -2.49. The van der Waals surface area contributed by atoms with Crippen molar-refractivity contribution in [3.8, 4) is 0 Å². The largest absolute Gasteiger partial charge is 0.480 e. The monoisotopic (exact) mass is 330 g/mol. The fraction of sp³-hybridized carbons (Fsp3) is 0.692. The van der Waals surface area contributed by atoms with Gasteiger partial charge in [0.25, 0.3) is 0 Å². The van der Waals surface area contributed by atoms with Gasteiger partial charge in [-0.15, -0.1) is 0 Å². The van der Waals surface area contributed by atoms with Crippen LogP contribution in [0.1, 0.15) is 26.7 Å². The molecule has 132 valence electrons. The van der Waals surface area contributed by atoms with Crippen LogP contribution in [0.3, 0.4) is 0 Å². The molecule has 0 fully saturated rings. The van der Waals surface area contributed by atoms with Crippen LogP contribution in [0.5, 0.6) is 0 Å². The van der Waals surface area contributed by atoms with Gasteiger partial charge in [-0.25, -0.2) is 4.79 Å². The van der Waals surface area contributed by atoms with E-state index in [-0.39, 0.29) is 31.4 Å². The molecule has 0 spiro atoms. The van der Waals surface area contributed by atoms with E-state index in [1.165, 1.54) is 0 Å². The zero-order valence-electron chi connectivity index (χ0n) is 13.4. The van der Waals surface area contributed by atoms with Gasteiger partial charge in [0.05, 0.1) is 12.6 Å². The highest BCUT2D eigenvalue weighted by molar-refractivity contribution is 5.89. The molecule has 2 atom stereocenters. The minimum atomic E-state index is -1.17. The number of aliphatic carboxylic acids is 1. The lowest BCUT2D eigenvalue weighted by atomic mass is 10.1. The van der Waals surface area contributed by atoms with E-state index in [4.69, 9.17) is 22.3 Å². The first-order chi connectivity index (χ1) is 10.6. The summed E-state index contributed by atoms with van der Waals surface area (Å²) in [5, 5.41) is 13.8. The van der Waals surface area contributed by atoms with Gasteiger partial charge in [0.2, 0.25) is 11.8 Å². The van der Waals surface area contributed by atoms with Crippen LogP contribution in [0.25, 0.3) is 0 Å². The second kappa shape index (κ2) is 10.4. The van der Waals surface area contributed by atoms with Crippen LogP contribution in [0.2, 0.25) is 0 Å². The number of carbonyl (C=O) groups is 3. The van der Waals surface area contributed by atoms with E-state index >= 15 is 0 Å². The van der Waals surface area contributed by atoms with Gasteiger partial charge in [-0.1, -0.05) is 13.8 Å². The SMILES string of the molecule is CC(C)[C@H](N)C(=O)NCC(=O)N[C@@H](CCCN=C(N)N)C(=O)O. The topological polar surface area (TPSA) is 186 Å². The number of hydrogen-bond acceptors (Lipinski definition) is 5. The third-order valence-corrected chi connectivity index (χ3v) is 3.02. The Morgan fingerprint density at radius 1 is 1.22 bits per heavy atom. The van der Waals surface area contributed by atoms with Crippen molar-refractivity contribution in [1.82, 2.24) is 10.6 Å². The van der Waals surface area contributed by atoms with Crippen LogP contribution in [0.4, 0.5) is 0 Å². The molecule has 0 aliphatic rings. The molecule has 10 nitrogen and oxygen atoms in total. The van der Waals surface area contributed by atoms with Crippen molar-refractivity contribution in [2.24, 2.45) is 28.1 Å². The highest BCUT2D eigenvalue weighted by Gasteiger charge is 2.21. The average molecular weight is 330 g/mol. The van der Waals surface area contributed by atoms with Crippen LogP contribution in [0.15, 0.2) is 4.99 Å². The molecule has 0 saturated heterocycles. The summed E-state index contributed by atoms with van der Waals surface area (Å²) in [5.41, 5.74) is 15.9. The van der Waals surface area contributed by atoms with Gasteiger partial charge in [0.15, 0.2) is 5.96 Å². The van der Waals surface area contributed by atoms with Crippen molar-refractivity contribution in [2.45, 2.75) is 38.8 Å². The molecule has 0 heterocycles. The maximum atomic E-state index is 11.7. The molecule has 0 unspecified atom stereocenters. The molecular formula is C13H26N6O4. The van der Waals surface area contributed by atoms with Gasteiger partial charge in [-0.2, -0.15) is 0 Å². The summed E-state index contributed by atoms with van der Waals surface area (Å²) < 4.78 is 0. The Morgan fingerprint density at radius 2 is 1.83 bits per heavy atom. The lowest BCUT2D eigenvalue weighted by Gasteiger charge is -2.17. The van der Waals surface area contributed by atoms with Crippen LogP contribution >= 0.6 is 0 Å². The molecule has 2 amide bonds. The number of guanidine groups is 1. The molecule has 0 rings (SSSR count). The zero-order valence-corrected chi connectivity index (χ0v) is 13.4. The number of nitrogens with one attached hydrogen (secondary N) is 2. The third kappa shape index (κ3) is 9.30. The Balaban J connectivity index is 4.27. The molecule has 9 N–H and O–H groups in total. The summed E-state index contributed by atoms with van der Waals surface area (Å²) in [6.45, 7) is 3.49. The van der Waals surface area contributed by atoms with Crippen LogP contribution in [0, 0.1) is 5.92 Å². The molecule has 10 heteroatoms. The summed E-state index contributed by atoms with van der Waals surface area (Å²) in [6.07, 6.45) is 0.553. The lowest BCUT2D eigenvalue weighted by molar-refractivity contribution is -0.141. The van der Waals surface area contributed by atoms with Gasteiger partial charge in [-0.3, -0.25) is 14.6 Å². The number of amides is 2. The molecule has 0 aromatic rings. The predicted molar refractivity (Wildman–Crippen MR) is 85.3 cm³/mol. The average Bonchev–Trinajstić information content (AvgIpc) is 2.46. The first-order valence-corrected chi connectivity index (χ1v) is 7.26. The fourth-order valence-corrected chi connectivity index (χ4v) is 1.59. The number of nitrogens with two attached hydrogens (primary N) is 3. The van der Waals surface area contributed by atoms with Crippen molar-refractivity contribution in [1.29, 1.82) is 0 Å². The second-order valence-electron chi connectivity index (χ2n) is 5.39. The Morgan fingerprint density at radius 3 is 2.30 bits per heavy atom. The molecule has 0 aliphatic heterocycles. The Labute approximate surface area is 134 Å². The maximum Gasteiger partial charge on any atom is 0.326 e. The predicted octanol–water partition coefficient (Wildman–Crippen LogP) is -2.29. The Hall–Kier alpha value is -2.36. The van der Waals surface area contributed by atoms with Gasteiger partial charge in [-0.05, 0) is 18.8 Å². The number of carbonyl (C=O) groups excluding carboxylic acids is 2. The van der Waals surface area contributed by atoms with Crippen molar-refractivity contribution in [3.63, 3.8) is 0 Å². The molecule has 0 aliphatic carbocycles. The van der Waals surface area contributed by atoms with E-state index in [0.717, 1.165) is 0 Å². The molecule has 0 aromatic carbocycles. The van der Waals surface area contributed by atoms with E-state index in [1.807, 2.05) is 0 Å². The van der Waals surface area contributed by atoms with Gasteiger partial charge in [0, 0.05) is 6.54 Å². The van der Waals surface area contributed by atoms with Gasteiger partial charge >= 0.3 is 5.97 Å². The Kier molecular flexibility index (Phi) is 9.31. The van der Waals surface area contributed by atoms with E-state index < -0.39 is 29.9 Å². The van der Waals surface area contributed by atoms with Crippen LogP contribution in [-0.2, 0) is 14.4 Å². The molecule has 0 radical (unpaired) electrons. The second-order valence-corrected chi connectivity index (χ2v) is 5.39. The van der Waals surface area contributed by atoms with Crippen molar-refractivity contribution in [2.75, 3.05) is 13.1 Å². The normalized spacial score (nSPS) is 13.0. The highest BCUT2D eigenvalue weighted by atomic mass is 16.4. The smallest absolute Gasteiger partial charge is 0.326 e. The third-order valence-electron chi connectivity index (χ3n) is 3.02. The minimum absolute atomic E-state index is 0.0691. The molecule has 0 aromatic heterocycles. The fourth-order valence-electron chi connectivity index (χ4n) is 1.59. The summed E-state index contributed by atoms with van der Waals surface area (Å²) in [4.78, 5) is 38.1. The molecule has 0 saturated carbocycles. The van der Waals surface area contributed by atoms with Gasteiger partial charge in [0.1, 0.15) is 6.04 Å². The highest BCUT2D eigenvalue weighted by Crippen LogP contribution is 1.99. The van der Waals surface area contributed by atoms with E-state index in [9.17, 15) is 14.4 Å². The first kappa shape index (κ1) is 20.6. The Bertz CT molecular complexity index is 448. The van der Waals surface area contributed by atoms with E-state index in [0.29, 0.717) is 6.42 Å². The molecule has 0 bridgehead atoms. The summed E-state index contributed by atoms with van der Waals surface area (Å²) in [6, 6.07) is -1.80. The quantitative estimate of drug-likeness (QED) is 0.148. The van der Waals surface area contributed by atoms with Crippen molar-refractivity contribution < 1.29 is 19.5 Å². The van der Waals surface area contributed by atoms with Crippen LogP contribution < -0.4 is 27.8 Å². The van der Waals surface area contributed by atoms with Crippen molar-refractivity contribution >= 4 is 23.7 Å². The number of nitrogens with zero attached hydrogens (tertiary/aromatic N) is 1. The van der Waals surface area contributed by atoms with Crippen LogP contribution in [-0.4, -0.2) is 54.0 Å². The number of carboxylic acids is 1. The van der Waals surface area contributed by atoms with Crippen molar-refractivity contribution in [3.05, 3.63) is 0 Å². The van der Waals surface area contributed by atoms with E-state index in [2.05, 4.69) is 15.6 Å². The standard InChI is InChI=1S/C13H26N6O4/c1-7(2)10(14)11(21)18-6-9(20)19-8(12(22)23)4-3-5-17-13(15)16/h7-8,10H,3-6,14H2,1-2H3,(H,18,21)(H,19,20)(H,22,23)(H4,15,16,17)/t8-,10-/m0/s1. The maximum absolute atomic E-state index is 11.7. The summed E-state index contributed by atoms with van der Waals surface area (Å²) in [7, 11) is 0. The molecular weight excluding hydrogens is 304 g/mol. The van der Waals surface area contributed by atoms with E-state index in [1.54, 1.807) is 13.8 Å².